The van der Waals surface area contributed by atoms with E-state index in [-0.39, 0.29) is 5.91 Å². The predicted octanol–water partition coefficient (Wildman–Crippen LogP) is 0.324. The number of amides is 1. The summed E-state index contributed by atoms with van der Waals surface area (Å²) in [5.74, 6) is 0.868. The van der Waals surface area contributed by atoms with E-state index in [0.717, 1.165) is 13.1 Å². The number of likely N-dealkylation sites (tertiary alicyclic amines) is 1. The van der Waals surface area contributed by atoms with Crippen molar-refractivity contribution >= 4 is 5.91 Å². The van der Waals surface area contributed by atoms with E-state index in [1.807, 2.05) is 11.9 Å². The van der Waals surface area contributed by atoms with E-state index >= 15 is 0 Å². The SMILES string of the molecule is CN1CC(NC2CCCCC2CN)CC1=O. The Hall–Kier alpha value is -0.610. The van der Waals surface area contributed by atoms with Gasteiger partial charge in [0.15, 0.2) is 0 Å². The molecular weight excluding hydrogens is 202 g/mol. The Morgan fingerprint density at radius 2 is 2.19 bits per heavy atom. The van der Waals surface area contributed by atoms with Gasteiger partial charge in [-0.3, -0.25) is 4.79 Å². The first-order valence-corrected chi connectivity index (χ1v) is 6.40. The first-order valence-electron chi connectivity index (χ1n) is 6.40. The van der Waals surface area contributed by atoms with Crippen molar-refractivity contribution in [1.82, 2.24) is 10.2 Å². The zero-order chi connectivity index (χ0) is 11.5. The Bertz CT molecular complexity index is 257. The number of rotatable bonds is 3. The maximum atomic E-state index is 11.4. The molecule has 2 rings (SSSR count). The Kier molecular flexibility index (Phi) is 3.82. The average Bonchev–Trinajstić information content (AvgIpc) is 2.59. The minimum atomic E-state index is 0.262. The quantitative estimate of drug-likeness (QED) is 0.727. The second kappa shape index (κ2) is 5.15. The van der Waals surface area contributed by atoms with Crippen LogP contribution in [0.4, 0.5) is 0 Å². The molecule has 1 aliphatic heterocycles. The molecule has 1 saturated carbocycles. The molecule has 1 saturated heterocycles. The van der Waals surface area contributed by atoms with Crippen molar-refractivity contribution in [2.45, 2.75) is 44.2 Å². The molecule has 0 spiro atoms. The zero-order valence-corrected chi connectivity index (χ0v) is 10.1. The minimum absolute atomic E-state index is 0.262. The summed E-state index contributed by atoms with van der Waals surface area (Å²) in [6.45, 7) is 1.63. The van der Waals surface area contributed by atoms with Gasteiger partial charge < -0.3 is 16.0 Å². The molecule has 4 nitrogen and oxygen atoms in total. The first-order chi connectivity index (χ1) is 7.70. The van der Waals surface area contributed by atoms with Crippen LogP contribution in [-0.2, 0) is 4.79 Å². The highest BCUT2D eigenvalue weighted by Crippen LogP contribution is 2.24. The zero-order valence-electron chi connectivity index (χ0n) is 10.1. The number of carbonyl (C=O) groups is 1. The smallest absolute Gasteiger partial charge is 0.224 e. The van der Waals surface area contributed by atoms with Crippen molar-refractivity contribution in [2.75, 3.05) is 20.1 Å². The molecule has 92 valence electrons. The monoisotopic (exact) mass is 225 g/mol. The van der Waals surface area contributed by atoms with E-state index in [9.17, 15) is 4.79 Å². The lowest BCUT2D eigenvalue weighted by Gasteiger charge is -2.33. The highest BCUT2D eigenvalue weighted by molar-refractivity contribution is 5.78. The van der Waals surface area contributed by atoms with Crippen LogP contribution in [0.2, 0.25) is 0 Å². The summed E-state index contributed by atoms with van der Waals surface area (Å²) < 4.78 is 0. The lowest BCUT2D eigenvalue weighted by molar-refractivity contribution is -0.126. The number of likely N-dealkylation sites (N-methyl/N-ethyl adjacent to an activating group) is 1. The van der Waals surface area contributed by atoms with Crippen LogP contribution in [0.5, 0.6) is 0 Å². The Morgan fingerprint density at radius 3 is 2.81 bits per heavy atom. The van der Waals surface area contributed by atoms with E-state index in [2.05, 4.69) is 5.32 Å². The molecule has 0 aromatic heterocycles. The maximum Gasteiger partial charge on any atom is 0.224 e. The van der Waals surface area contributed by atoms with Gasteiger partial charge in [0, 0.05) is 32.1 Å². The van der Waals surface area contributed by atoms with E-state index in [1.165, 1.54) is 25.7 Å². The standard InChI is InChI=1S/C12H23N3O/c1-15-8-10(6-12(15)16)14-11-5-3-2-4-9(11)7-13/h9-11,14H,2-8,13H2,1H3. The molecule has 0 aromatic carbocycles. The van der Waals surface area contributed by atoms with Crippen molar-refractivity contribution in [3.05, 3.63) is 0 Å². The number of hydrogen-bond acceptors (Lipinski definition) is 3. The molecule has 2 fully saturated rings. The maximum absolute atomic E-state index is 11.4. The van der Waals surface area contributed by atoms with E-state index in [4.69, 9.17) is 5.73 Å². The largest absolute Gasteiger partial charge is 0.344 e. The molecule has 16 heavy (non-hydrogen) atoms. The van der Waals surface area contributed by atoms with Gasteiger partial charge in [0.05, 0.1) is 0 Å². The molecule has 0 bridgehead atoms. The lowest BCUT2D eigenvalue weighted by Crippen LogP contribution is -2.47. The van der Waals surface area contributed by atoms with Gasteiger partial charge in [-0.25, -0.2) is 0 Å². The highest BCUT2D eigenvalue weighted by Gasteiger charge is 2.31. The third-order valence-corrected chi connectivity index (χ3v) is 4.00. The summed E-state index contributed by atoms with van der Waals surface area (Å²) >= 11 is 0. The first kappa shape index (κ1) is 11.9. The molecule has 3 atom stereocenters. The number of carbonyl (C=O) groups excluding carboxylic acids is 1. The molecule has 0 aromatic rings. The van der Waals surface area contributed by atoms with Crippen molar-refractivity contribution in [1.29, 1.82) is 0 Å². The van der Waals surface area contributed by atoms with Gasteiger partial charge in [0.1, 0.15) is 0 Å². The third kappa shape index (κ3) is 2.55. The fourth-order valence-corrected chi connectivity index (χ4v) is 2.99. The topological polar surface area (TPSA) is 58.4 Å². The normalized spacial score (nSPS) is 35.8. The highest BCUT2D eigenvalue weighted by atomic mass is 16.2. The van der Waals surface area contributed by atoms with Gasteiger partial charge in [-0.2, -0.15) is 0 Å². The van der Waals surface area contributed by atoms with E-state index in [0.29, 0.717) is 24.4 Å². The fraction of sp³-hybridized carbons (Fsp3) is 0.917. The third-order valence-electron chi connectivity index (χ3n) is 4.00. The fourth-order valence-electron chi connectivity index (χ4n) is 2.99. The van der Waals surface area contributed by atoms with Crippen molar-refractivity contribution < 1.29 is 4.79 Å². The van der Waals surface area contributed by atoms with Gasteiger partial charge in [0.25, 0.3) is 0 Å². The van der Waals surface area contributed by atoms with Crippen LogP contribution in [-0.4, -0.2) is 43.0 Å². The predicted molar refractivity (Wildman–Crippen MR) is 64.0 cm³/mol. The number of nitrogens with two attached hydrogens (primary N) is 1. The Labute approximate surface area is 97.6 Å². The minimum Gasteiger partial charge on any atom is -0.344 e. The van der Waals surface area contributed by atoms with Crippen LogP contribution in [0.1, 0.15) is 32.1 Å². The van der Waals surface area contributed by atoms with Crippen molar-refractivity contribution in [3.63, 3.8) is 0 Å². The molecule has 4 heteroatoms. The Balaban J connectivity index is 1.86. The van der Waals surface area contributed by atoms with Gasteiger partial charge >= 0.3 is 0 Å². The molecule has 0 radical (unpaired) electrons. The van der Waals surface area contributed by atoms with Gasteiger partial charge in [0.2, 0.25) is 5.91 Å². The molecule has 1 amide bonds. The summed E-state index contributed by atoms with van der Waals surface area (Å²) in [4.78, 5) is 13.3. The van der Waals surface area contributed by atoms with Gasteiger partial charge in [-0.15, -0.1) is 0 Å². The molecule has 1 heterocycles. The van der Waals surface area contributed by atoms with Crippen molar-refractivity contribution in [2.24, 2.45) is 11.7 Å². The van der Waals surface area contributed by atoms with Crippen LogP contribution >= 0.6 is 0 Å². The molecular formula is C12H23N3O. The van der Waals surface area contributed by atoms with Crippen LogP contribution in [0.3, 0.4) is 0 Å². The lowest BCUT2D eigenvalue weighted by atomic mass is 9.84. The van der Waals surface area contributed by atoms with Crippen LogP contribution in [0.25, 0.3) is 0 Å². The second-order valence-corrected chi connectivity index (χ2v) is 5.23. The van der Waals surface area contributed by atoms with E-state index < -0.39 is 0 Å². The number of nitrogens with zero attached hydrogens (tertiary/aromatic N) is 1. The Morgan fingerprint density at radius 1 is 1.44 bits per heavy atom. The number of nitrogens with one attached hydrogen (secondary N) is 1. The summed E-state index contributed by atoms with van der Waals surface area (Å²) in [5, 5.41) is 3.64. The molecule has 1 aliphatic carbocycles. The van der Waals surface area contributed by atoms with E-state index in [1.54, 1.807) is 0 Å². The van der Waals surface area contributed by atoms with Crippen molar-refractivity contribution in [3.8, 4) is 0 Å². The molecule has 2 aliphatic rings. The van der Waals surface area contributed by atoms with Crippen LogP contribution in [0.15, 0.2) is 0 Å². The summed E-state index contributed by atoms with van der Waals surface area (Å²) in [6.07, 6.45) is 5.72. The van der Waals surface area contributed by atoms with Crippen LogP contribution < -0.4 is 11.1 Å². The summed E-state index contributed by atoms with van der Waals surface area (Å²) in [5.41, 5.74) is 5.81. The van der Waals surface area contributed by atoms with Crippen LogP contribution in [0, 0.1) is 5.92 Å². The average molecular weight is 225 g/mol. The second-order valence-electron chi connectivity index (χ2n) is 5.23. The number of hydrogen-bond donors (Lipinski definition) is 2. The summed E-state index contributed by atoms with van der Waals surface area (Å²) in [7, 11) is 1.88. The summed E-state index contributed by atoms with van der Waals surface area (Å²) in [6, 6.07) is 0.873. The van der Waals surface area contributed by atoms with Gasteiger partial charge in [-0.05, 0) is 25.3 Å². The molecule has 3 N–H and O–H groups in total. The van der Waals surface area contributed by atoms with Gasteiger partial charge in [-0.1, -0.05) is 12.8 Å². The molecule has 3 unspecified atom stereocenters.